The van der Waals surface area contributed by atoms with Crippen molar-refractivity contribution in [3.8, 4) is 0 Å². The molecule has 0 radical (unpaired) electrons. The SMILES string of the molecule is Cc1ccccc1N1CCN(C(C)C2CCc3ccccc3N2)CC1.Cl. The Morgan fingerprint density at radius 3 is 2.42 bits per heavy atom. The van der Waals surface area contributed by atoms with Crippen LogP contribution in [0.4, 0.5) is 11.4 Å². The first-order valence-corrected chi connectivity index (χ1v) is 9.61. The molecule has 0 saturated carbocycles. The maximum absolute atomic E-state index is 3.79. The summed E-state index contributed by atoms with van der Waals surface area (Å²) in [5, 5.41) is 3.79. The highest BCUT2D eigenvalue weighted by Crippen LogP contribution is 2.28. The summed E-state index contributed by atoms with van der Waals surface area (Å²) in [7, 11) is 0. The predicted molar refractivity (Wildman–Crippen MR) is 114 cm³/mol. The summed E-state index contributed by atoms with van der Waals surface area (Å²) in [6, 6.07) is 18.7. The van der Waals surface area contributed by atoms with E-state index in [0.29, 0.717) is 12.1 Å². The van der Waals surface area contributed by atoms with Gasteiger partial charge in [-0.05, 0) is 49.9 Å². The average molecular weight is 372 g/mol. The van der Waals surface area contributed by atoms with Crippen molar-refractivity contribution in [3.63, 3.8) is 0 Å². The molecule has 3 nitrogen and oxygen atoms in total. The van der Waals surface area contributed by atoms with E-state index in [1.54, 1.807) is 0 Å². The molecule has 140 valence electrons. The van der Waals surface area contributed by atoms with Crippen LogP contribution >= 0.6 is 12.4 Å². The Hall–Kier alpha value is -1.71. The summed E-state index contributed by atoms with van der Waals surface area (Å²) in [4.78, 5) is 5.21. The maximum atomic E-state index is 3.79. The first kappa shape index (κ1) is 19.1. The van der Waals surface area contributed by atoms with Crippen molar-refractivity contribution >= 4 is 23.8 Å². The molecule has 2 aliphatic rings. The molecular weight excluding hydrogens is 342 g/mol. The zero-order valence-corrected chi connectivity index (χ0v) is 16.6. The fourth-order valence-electron chi connectivity index (χ4n) is 4.37. The molecular formula is C22H30ClN3. The molecule has 0 amide bonds. The Balaban J connectivity index is 0.00000196. The van der Waals surface area contributed by atoms with Gasteiger partial charge < -0.3 is 10.2 Å². The summed E-state index contributed by atoms with van der Waals surface area (Å²) in [5.41, 5.74) is 5.59. The fraction of sp³-hybridized carbons (Fsp3) is 0.455. The molecule has 0 aliphatic carbocycles. The van der Waals surface area contributed by atoms with Gasteiger partial charge in [0.15, 0.2) is 0 Å². The third kappa shape index (κ3) is 3.84. The van der Waals surface area contributed by atoms with Crippen molar-refractivity contribution in [3.05, 3.63) is 59.7 Å². The van der Waals surface area contributed by atoms with Crippen LogP contribution in [0.15, 0.2) is 48.5 Å². The van der Waals surface area contributed by atoms with Crippen LogP contribution < -0.4 is 10.2 Å². The van der Waals surface area contributed by atoms with E-state index in [0.717, 1.165) is 26.2 Å². The van der Waals surface area contributed by atoms with Gasteiger partial charge in [-0.25, -0.2) is 0 Å². The second-order valence-electron chi connectivity index (χ2n) is 7.50. The average Bonchev–Trinajstić information content (AvgIpc) is 2.67. The number of aryl methyl sites for hydroxylation is 2. The molecule has 2 unspecified atom stereocenters. The topological polar surface area (TPSA) is 18.5 Å². The summed E-state index contributed by atoms with van der Waals surface area (Å²) in [6.45, 7) is 9.16. The number of rotatable bonds is 3. The van der Waals surface area contributed by atoms with Gasteiger partial charge in [-0.15, -0.1) is 12.4 Å². The number of anilines is 2. The standard InChI is InChI=1S/C22H29N3.ClH/c1-17-7-3-6-10-22(17)25-15-13-24(14-16-25)18(2)20-12-11-19-8-4-5-9-21(19)23-20;/h3-10,18,20,23H,11-16H2,1-2H3;1H. The molecule has 2 aliphatic heterocycles. The molecule has 2 aromatic rings. The van der Waals surface area contributed by atoms with Crippen molar-refractivity contribution in [1.29, 1.82) is 0 Å². The smallest absolute Gasteiger partial charge is 0.0417 e. The van der Waals surface area contributed by atoms with Gasteiger partial charge in [-0.3, -0.25) is 4.90 Å². The third-order valence-corrected chi connectivity index (χ3v) is 6.01. The Bertz CT molecular complexity index is 725. The van der Waals surface area contributed by atoms with Gasteiger partial charge in [0.2, 0.25) is 0 Å². The third-order valence-electron chi connectivity index (χ3n) is 6.01. The van der Waals surface area contributed by atoms with Crippen molar-refractivity contribution in [1.82, 2.24) is 4.90 Å². The van der Waals surface area contributed by atoms with Crippen LogP contribution in [0.2, 0.25) is 0 Å². The highest BCUT2D eigenvalue weighted by molar-refractivity contribution is 5.85. The van der Waals surface area contributed by atoms with E-state index in [1.165, 1.54) is 35.3 Å². The molecule has 2 heterocycles. The van der Waals surface area contributed by atoms with Gasteiger partial charge >= 0.3 is 0 Å². The Morgan fingerprint density at radius 2 is 1.65 bits per heavy atom. The summed E-state index contributed by atoms with van der Waals surface area (Å²) in [5.74, 6) is 0. The number of para-hydroxylation sites is 2. The lowest BCUT2D eigenvalue weighted by atomic mass is 9.93. The van der Waals surface area contributed by atoms with Crippen LogP contribution in [0.5, 0.6) is 0 Å². The number of nitrogens with zero attached hydrogens (tertiary/aromatic N) is 2. The summed E-state index contributed by atoms with van der Waals surface area (Å²) >= 11 is 0. The summed E-state index contributed by atoms with van der Waals surface area (Å²) < 4.78 is 0. The van der Waals surface area contributed by atoms with E-state index in [9.17, 15) is 0 Å². The van der Waals surface area contributed by atoms with Gasteiger partial charge in [0.05, 0.1) is 0 Å². The van der Waals surface area contributed by atoms with Crippen molar-refractivity contribution in [2.24, 2.45) is 0 Å². The van der Waals surface area contributed by atoms with Crippen LogP contribution in [0.25, 0.3) is 0 Å². The van der Waals surface area contributed by atoms with E-state index in [-0.39, 0.29) is 12.4 Å². The van der Waals surface area contributed by atoms with Gasteiger partial charge in [-0.1, -0.05) is 36.4 Å². The largest absolute Gasteiger partial charge is 0.381 e. The maximum Gasteiger partial charge on any atom is 0.0417 e. The summed E-state index contributed by atoms with van der Waals surface area (Å²) in [6.07, 6.45) is 2.43. The van der Waals surface area contributed by atoms with Crippen molar-refractivity contribution in [2.75, 3.05) is 36.4 Å². The lowest BCUT2D eigenvalue weighted by Crippen LogP contribution is -2.54. The molecule has 1 saturated heterocycles. The zero-order valence-electron chi connectivity index (χ0n) is 15.8. The van der Waals surface area contributed by atoms with E-state index in [1.807, 2.05) is 0 Å². The Labute approximate surface area is 163 Å². The van der Waals surface area contributed by atoms with Gasteiger partial charge in [0.1, 0.15) is 0 Å². The lowest BCUT2D eigenvalue weighted by molar-refractivity contribution is 0.175. The van der Waals surface area contributed by atoms with Gasteiger partial charge in [-0.2, -0.15) is 0 Å². The van der Waals surface area contributed by atoms with Crippen LogP contribution in [-0.4, -0.2) is 43.2 Å². The quantitative estimate of drug-likeness (QED) is 0.865. The normalized spacial score (nSPS) is 21.3. The van der Waals surface area contributed by atoms with E-state index >= 15 is 0 Å². The molecule has 1 fully saturated rings. The van der Waals surface area contributed by atoms with E-state index < -0.39 is 0 Å². The zero-order chi connectivity index (χ0) is 17.2. The Morgan fingerprint density at radius 1 is 0.962 bits per heavy atom. The first-order valence-electron chi connectivity index (χ1n) is 9.61. The van der Waals surface area contributed by atoms with E-state index in [2.05, 4.69) is 77.5 Å². The molecule has 2 atom stereocenters. The molecule has 4 rings (SSSR count). The highest BCUT2D eigenvalue weighted by atomic mass is 35.5. The molecule has 0 aromatic heterocycles. The van der Waals surface area contributed by atoms with Crippen LogP contribution in [0.3, 0.4) is 0 Å². The number of benzene rings is 2. The second-order valence-corrected chi connectivity index (χ2v) is 7.50. The molecule has 26 heavy (non-hydrogen) atoms. The number of halogens is 1. The van der Waals surface area contributed by atoms with Crippen molar-refractivity contribution in [2.45, 2.75) is 38.8 Å². The first-order chi connectivity index (χ1) is 12.2. The lowest BCUT2D eigenvalue weighted by Gasteiger charge is -2.43. The number of hydrogen-bond acceptors (Lipinski definition) is 3. The van der Waals surface area contributed by atoms with Crippen molar-refractivity contribution < 1.29 is 0 Å². The monoisotopic (exact) mass is 371 g/mol. The number of piperazine rings is 1. The molecule has 2 aromatic carbocycles. The molecule has 0 spiro atoms. The van der Waals surface area contributed by atoms with Crippen LogP contribution in [0.1, 0.15) is 24.5 Å². The van der Waals surface area contributed by atoms with Crippen LogP contribution in [-0.2, 0) is 6.42 Å². The Kier molecular flexibility index (Phi) is 6.10. The molecule has 1 N–H and O–H groups in total. The second kappa shape index (κ2) is 8.32. The van der Waals surface area contributed by atoms with Crippen LogP contribution in [0, 0.1) is 6.92 Å². The van der Waals surface area contributed by atoms with E-state index in [4.69, 9.17) is 0 Å². The number of nitrogens with one attached hydrogen (secondary N) is 1. The van der Waals surface area contributed by atoms with Gasteiger partial charge in [0.25, 0.3) is 0 Å². The fourth-order valence-corrected chi connectivity index (χ4v) is 4.37. The predicted octanol–water partition coefficient (Wildman–Crippen LogP) is 4.35. The minimum atomic E-state index is 0. The minimum Gasteiger partial charge on any atom is -0.381 e. The highest BCUT2D eigenvalue weighted by Gasteiger charge is 2.29. The minimum absolute atomic E-state index is 0. The molecule has 4 heteroatoms. The van der Waals surface area contributed by atoms with Gasteiger partial charge in [0, 0.05) is 49.6 Å². The number of fused-ring (bicyclic) bond motifs is 1. The number of hydrogen-bond donors (Lipinski definition) is 1. The molecule has 0 bridgehead atoms.